The lowest BCUT2D eigenvalue weighted by molar-refractivity contribution is -0.384. The zero-order valence-corrected chi connectivity index (χ0v) is 12.9. The summed E-state index contributed by atoms with van der Waals surface area (Å²) >= 11 is 0. The molecule has 0 atom stereocenters. The molecule has 8 nitrogen and oxygen atoms in total. The first-order valence-electron chi connectivity index (χ1n) is 7.34. The van der Waals surface area contributed by atoms with Crippen molar-refractivity contribution in [2.45, 2.75) is 26.8 Å². The molecule has 0 unspecified atom stereocenters. The van der Waals surface area contributed by atoms with Crippen LogP contribution in [0.4, 0.5) is 22.0 Å². The van der Waals surface area contributed by atoms with Gasteiger partial charge in [-0.05, 0) is 31.9 Å². The van der Waals surface area contributed by atoms with Crippen LogP contribution >= 0.6 is 0 Å². The second-order valence-electron chi connectivity index (χ2n) is 5.58. The topological polar surface area (TPSA) is 93.3 Å². The highest BCUT2D eigenvalue weighted by Gasteiger charge is 2.26. The molecule has 0 spiro atoms. The zero-order chi connectivity index (χ0) is 16.6. The standard InChI is InChI=1S/C15H17N5O3/c1-10-4-5-12(13(8-10)20(22)23)16-15(21)18-6-3-7-19-14(18)9-11(2)17-19/h4-5,8-9H,3,6-7H2,1-2H3,(H,16,21). The number of hydrogen-bond donors (Lipinski definition) is 1. The van der Waals surface area contributed by atoms with Crippen LogP contribution in [0.1, 0.15) is 17.7 Å². The number of nitro benzene ring substituents is 1. The van der Waals surface area contributed by atoms with Crippen LogP contribution in [0, 0.1) is 24.0 Å². The molecule has 0 aliphatic carbocycles. The summed E-state index contributed by atoms with van der Waals surface area (Å²) in [5, 5.41) is 18.1. The van der Waals surface area contributed by atoms with Crippen molar-refractivity contribution in [3.8, 4) is 0 Å². The van der Waals surface area contributed by atoms with Crippen molar-refractivity contribution in [1.82, 2.24) is 9.78 Å². The first-order chi connectivity index (χ1) is 11.0. The summed E-state index contributed by atoms with van der Waals surface area (Å²) in [6.07, 6.45) is 0.789. The van der Waals surface area contributed by atoms with Crippen LogP contribution in [0.2, 0.25) is 0 Å². The van der Waals surface area contributed by atoms with Crippen molar-refractivity contribution < 1.29 is 9.72 Å². The van der Waals surface area contributed by atoms with Gasteiger partial charge in [-0.25, -0.2) is 9.48 Å². The molecule has 0 saturated heterocycles. The first-order valence-corrected chi connectivity index (χ1v) is 7.34. The molecule has 1 aliphatic rings. The number of carbonyl (C=O) groups is 1. The highest BCUT2D eigenvalue weighted by Crippen LogP contribution is 2.27. The van der Waals surface area contributed by atoms with Gasteiger partial charge in [0.1, 0.15) is 11.5 Å². The Morgan fingerprint density at radius 1 is 1.30 bits per heavy atom. The van der Waals surface area contributed by atoms with E-state index in [0.717, 1.165) is 24.2 Å². The van der Waals surface area contributed by atoms with E-state index in [0.29, 0.717) is 12.4 Å². The Morgan fingerprint density at radius 2 is 2.09 bits per heavy atom. The molecule has 1 aromatic heterocycles. The maximum absolute atomic E-state index is 12.6. The maximum atomic E-state index is 12.6. The van der Waals surface area contributed by atoms with Gasteiger partial charge < -0.3 is 5.32 Å². The van der Waals surface area contributed by atoms with E-state index in [1.54, 1.807) is 28.6 Å². The van der Waals surface area contributed by atoms with Gasteiger partial charge in [0.05, 0.1) is 10.6 Å². The Labute approximate surface area is 132 Å². The fraction of sp³-hybridized carbons (Fsp3) is 0.333. The van der Waals surface area contributed by atoms with Crippen molar-refractivity contribution in [2.75, 3.05) is 16.8 Å². The number of benzene rings is 1. The number of nitrogens with one attached hydrogen (secondary N) is 1. The minimum absolute atomic E-state index is 0.111. The van der Waals surface area contributed by atoms with Crippen LogP contribution in [0.25, 0.3) is 0 Å². The van der Waals surface area contributed by atoms with Crippen molar-refractivity contribution in [3.05, 3.63) is 45.6 Å². The molecule has 120 valence electrons. The number of urea groups is 1. The highest BCUT2D eigenvalue weighted by molar-refractivity contribution is 6.02. The Hall–Kier alpha value is -2.90. The molecule has 8 heteroatoms. The smallest absolute Gasteiger partial charge is 0.302 e. The van der Waals surface area contributed by atoms with Gasteiger partial charge in [0.15, 0.2) is 0 Å². The molecule has 23 heavy (non-hydrogen) atoms. The summed E-state index contributed by atoms with van der Waals surface area (Å²) in [6.45, 7) is 4.95. The molecule has 0 saturated carbocycles. The summed E-state index contributed by atoms with van der Waals surface area (Å²) in [5.41, 5.74) is 1.68. The lowest BCUT2D eigenvalue weighted by Crippen LogP contribution is -2.40. The second-order valence-corrected chi connectivity index (χ2v) is 5.58. The van der Waals surface area contributed by atoms with Crippen LogP contribution in [0.5, 0.6) is 0 Å². The van der Waals surface area contributed by atoms with Gasteiger partial charge in [-0.2, -0.15) is 5.10 Å². The third kappa shape index (κ3) is 2.87. The number of nitro groups is 1. The van der Waals surface area contributed by atoms with Crippen molar-refractivity contribution in [1.29, 1.82) is 0 Å². The quantitative estimate of drug-likeness (QED) is 0.681. The Kier molecular flexibility index (Phi) is 3.73. The molecule has 0 bridgehead atoms. The Bertz CT molecular complexity index is 783. The van der Waals surface area contributed by atoms with Gasteiger partial charge in [-0.3, -0.25) is 15.0 Å². The van der Waals surface area contributed by atoms with E-state index in [1.165, 1.54) is 6.07 Å². The van der Waals surface area contributed by atoms with E-state index in [2.05, 4.69) is 10.4 Å². The number of rotatable bonds is 2. The van der Waals surface area contributed by atoms with Crippen molar-refractivity contribution in [2.24, 2.45) is 0 Å². The van der Waals surface area contributed by atoms with Gasteiger partial charge in [0.2, 0.25) is 0 Å². The fourth-order valence-corrected chi connectivity index (χ4v) is 2.69. The molecule has 3 rings (SSSR count). The van der Waals surface area contributed by atoms with Crippen molar-refractivity contribution in [3.63, 3.8) is 0 Å². The van der Waals surface area contributed by atoms with Crippen LogP contribution in [-0.4, -0.2) is 27.3 Å². The number of fused-ring (bicyclic) bond motifs is 1. The number of aromatic nitrogens is 2. The second kappa shape index (κ2) is 5.71. The Balaban J connectivity index is 1.87. The van der Waals surface area contributed by atoms with E-state index in [-0.39, 0.29) is 11.4 Å². The molecule has 1 aliphatic heterocycles. The van der Waals surface area contributed by atoms with E-state index in [1.807, 2.05) is 13.0 Å². The van der Waals surface area contributed by atoms with E-state index >= 15 is 0 Å². The van der Waals surface area contributed by atoms with Gasteiger partial charge in [-0.1, -0.05) is 6.07 Å². The fourth-order valence-electron chi connectivity index (χ4n) is 2.69. The number of amides is 2. The van der Waals surface area contributed by atoms with Crippen LogP contribution in [0.3, 0.4) is 0 Å². The summed E-state index contributed by atoms with van der Waals surface area (Å²) in [5.74, 6) is 0.709. The number of nitrogens with zero attached hydrogens (tertiary/aromatic N) is 4. The van der Waals surface area contributed by atoms with Crippen LogP contribution in [-0.2, 0) is 6.54 Å². The molecule has 2 heterocycles. The normalized spacial score (nSPS) is 13.6. The molecular weight excluding hydrogens is 298 g/mol. The van der Waals surface area contributed by atoms with Crippen LogP contribution < -0.4 is 10.2 Å². The number of anilines is 2. The van der Waals surface area contributed by atoms with Gasteiger partial charge in [0, 0.05) is 25.2 Å². The summed E-state index contributed by atoms with van der Waals surface area (Å²) in [7, 11) is 0. The monoisotopic (exact) mass is 315 g/mol. The molecule has 1 aromatic carbocycles. The minimum atomic E-state index is -0.493. The minimum Gasteiger partial charge on any atom is -0.302 e. The molecule has 0 radical (unpaired) electrons. The lowest BCUT2D eigenvalue weighted by Gasteiger charge is -2.27. The first kappa shape index (κ1) is 15.0. The molecule has 1 N–H and O–H groups in total. The largest absolute Gasteiger partial charge is 0.327 e. The van der Waals surface area contributed by atoms with Gasteiger partial charge in [0.25, 0.3) is 5.69 Å². The number of carbonyl (C=O) groups excluding carboxylic acids is 1. The predicted molar refractivity (Wildman–Crippen MR) is 85.8 cm³/mol. The summed E-state index contributed by atoms with van der Waals surface area (Å²) < 4.78 is 1.78. The third-order valence-electron chi connectivity index (χ3n) is 3.75. The predicted octanol–water partition coefficient (Wildman–Crippen LogP) is 2.85. The SMILES string of the molecule is Cc1ccc(NC(=O)N2CCCn3nc(C)cc32)c([N+](=O)[O-])c1. The Morgan fingerprint density at radius 3 is 2.83 bits per heavy atom. The van der Waals surface area contributed by atoms with Crippen molar-refractivity contribution >= 4 is 23.2 Å². The molecule has 2 amide bonds. The summed E-state index contributed by atoms with van der Waals surface area (Å²) in [4.78, 5) is 24.8. The number of aryl methyl sites for hydroxylation is 3. The molecule has 2 aromatic rings. The molecular formula is C15H17N5O3. The summed E-state index contributed by atoms with van der Waals surface area (Å²) in [6, 6.07) is 6.17. The van der Waals surface area contributed by atoms with Gasteiger partial charge >= 0.3 is 6.03 Å². The maximum Gasteiger partial charge on any atom is 0.327 e. The number of hydrogen-bond acceptors (Lipinski definition) is 4. The third-order valence-corrected chi connectivity index (χ3v) is 3.75. The lowest BCUT2D eigenvalue weighted by atomic mass is 10.2. The van der Waals surface area contributed by atoms with E-state index < -0.39 is 11.0 Å². The average Bonchev–Trinajstić information content (AvgIpc) is 2.88. The average molecular weight is 315 g/mol. The molecule has 0 fully saturated rings. The zero-order valence-electron chi connectivity index (χ0n) is 12.9. The van der Waals surface area contributed by atoms with E-state index in [9.17, 15) is 14.9 Å². The van der Waals surface area contributed by atoms with Crippen LogP contribution in [0.15, 0.2) is 24.3 Å². The van der Waals surface area contributed by atoms with Gasteiger partial charge in [-0.15, -0.1) is 0 Å². The highest BCUT2D eigenvalue weighted by atomic mass is 16.6. The van der Waals surface area contributed by atoms with E-state index in [4.69, 9.17) is 0 Å².